The van der Waals surface area contributed by atoms with Crippen molar-refractivity contribution in [3.8, 4) is 33.4 Å². The normalized spacial score (nSPS) is 11.9. The average molecular weight is 727 g/mol. The van der Waals surface area contributed by atoms with Crippen molar-refractivity contribution < 1.29 is 4.42 Å². The first-order valence-electron chi connectivity index (χ1n) is 19.5. The molecule has 0 saturated carbocycles. The Bertz CT molecular complexity index is 3430. The van der Waals surface area contributed by atoms with E-state index in [1.165, 1.54) is 71.5 Å². The summed E-state index contributed by atoms with van der Waals surface area (Å²) < 4.78 is 8.81. The molecule has 9 aromatic carbocycles. The van der Waals surface area contributed by atoms with Crippen molar-refractivity contribution in [2.75, 3.05) is 4.90 Å². The number of hydrogen-bond acceptors (Lipinski definition) is 2. The van der Waals surface area contributed by atoms with E-state index in [0.29, 0.717) is 0 Å². The maximum atomic E-state index is 6.38. The first kappa shape index (κ1) is 31.7. The highest BCUT2D eigenvalue weighted by Crippen LogP contribution is 2.42. The lowest BCUT2D eigenvalue weighted by Gasteiger charge is -2.26. The minimum absolute atomic E-state index is 0.872. The first-order valence-corrected chi connectivity index (χ1v) is 19.5. The van der Waals surface area contributed by atoms with Crippen molar-refractivity contribution in [2.24, 2.45) is 0 Å². The molecule has 0 unspecified atom stereocenters. The number of aromatic nitrogens is 1. The third-order valence-electron chi connectivity index (χ3n) is 11.8. The van der Waals surface area contributed by atoms with Gasteiger partial charge in [-0.15, -0.1) is 0 Å². The van der Waals surface area contributed by atoms with Gasteiger partial charge in [-0.25, -0.2) is 0 Å². The summed E-state index contributed by atoms with van der Waals surface area (Å²) in [6.07, 6.45) is 0. The van der Waals surface area contributed by atoms with Crippen molar-refractivity contribution in [1.29, 1.82) is 0 Å². The van der Waals surface area contributed by atoms with E-state index in [1.54, 1.807) is 0 Å². The minimum Gasteiger partial charge on any atom is -0.456 e. The molecule has 0 aliphatic heterocycles. The van der Waals surface area contributed by atoms with Crippen LogP contribution in [0.3, 0.4) is 0 Å². The van der Waals surface area contributed by atoms with Crippen LogP contribution >= 0.6 is 0 Å². The third kappa shape index (κ3) is 4.99. The Morgan fingerprint density at radius 2 is 0.789 bits per heavy atom. The van der Waals surface area contributed by atoms with Crippen LogP contribution in [0, 0.1) is 0 Å². The van der Waals surface area contributed by atoms with E-state index in [2.05, 4.69) is 203 Å². The number of para-hydroxylation sites is 3. The molecule has 266 valence electrons. The summed E-state index contributed by atoms with van der Waals surface area (Å²) in [6, 6.07) is 74.4. The lowest BCUT2D eigenvalue weighted by Crippen LogP contribution is -2.09. The van der Waals surface area contributed by atoms with E-state index in [1.807, 2.05) is 12.1 Å². The smallest absolute Gasteiger partial charge is 0.137 e. The lowest BCUT2D eigenvalue weighted by molar-refractivity contribution is 0.669. The molecule has 0 radical (unpaired) electrons. The monoisotopic (exact) mass is 726 g/mol. The highest BCUT2D eigenvalue weighted by atomic mass is 16.3. The molecule has 0 spiro atoms. The zero-order chi connectivity index (χ0) is 37.5. The van der Waals surface area contributed by atoms with Crippen molar-refractivity contribution in [3.05, 3.63) is 206 Å². The van der Waals surface area contributed by atoms with Gasteiger partial charge in [0.05, 0.1) is 16.6 Å². The molecule has 0 fully saturated rings. The molecule has 0 N–H and O–H groups in total. The van der Waals surface area contributed by atoms with Crippen LogP contribution in [0.15, 0.2) is 211 Å². The van der Waals surface area contributed by atoms with E-state index < -0.39 is 0 Å². The lowest BCUT2D eigenvalue weighted by atomic mass is 10.00. The van der Waals surface area contributed by atoms with Crippen LogP contribution in [0.5, 0.6) is 0 Å². The second kappa shape index (κ2) is 12.5. The summed E-state index contributed by atoms with van der Waals surface area (Å²) in [6.45, 7) is 0. The van der Waals surface area contributed by atoms with Gasteiger partial charge >= 0.3 is 0 Å². The van der Waals surface area contributed by atoms with Gasteiger partial charge in [-0.3, -0.25) is 0 Å². The van der Waals surface area contributed by atoms with Crippen LogP contribution in [0.25, 0.3) is 93.4 Å². The van der Waals surface area contributed by atoms with Crippen LogP contribution in [-0.4, -0.2) is 4.40 Å². The molecular formula is C54H34N2O. The quantitative estimate of drug-likeness (QED) is 0.170. The van der Waals surface area contributed by atoms with Gasteiger partial charge in [-0.05, 0) is 94.0 Å². The molecule has 0 aliphatic carbocycles. The Morgan fingerprint density at radius 3 is 1.51 bits per heavy atom. The maximum Gasteiger partial charge on any atom is 0.137 e. The van der Waals surface area contributed by atoms with Crippen molar-refractivity contribution in [2.45, 2.75) is 0 Å². The van der Waals surface area contributed by atoms with Crippen LogP contribution < -0.4 is 4.90 Å². The van der Waals surface area contributed by atoms with Crippen molar-refractivity contribution in [3.63, 3.8) is 0 Å². The maximum absolute atomic E-state index is 6.38. The molecular weight excluding hydrogens is 693 g/mol. The molecule has 12 aromatic rings. The van der Waals surface area contributed by atoms with Gasteiger partial charge in [0, 0.05) is 55.4 Å². The summed E-state index contributed by atoms with van der Waals surface area (Å²) in [4.78, 5) is 2.32. The third-order valence-corrected chi connectivity index (χ3v) is 11.8. The second-order valence-electron chi connectivity index (χ2n) is 14.9. The van der Waals surface area contributed by atoms with Crippen molar-refractivity contribution in [1.82, 2.24) is 4.40 Å². The fraction of sp³-hybridized carbons (Fsp3) is 0. The minimum atomic E-state index is 0.872. The molecule has 3 nitrogen and oxygen atoms in total. The van der Waals surface area contributed by atoms with Gasteiger partial charge in [0.2, 0.25) is 0 Å². The van der Waals surface area contributed by atoms with Gasteiger partial charge < -0.3 is 13.7 Å². The highest BCUT2D eigenvalue weighted by Gasteiger charge is 2.19. The van der Waals surface area contributed by atoms with Gasteiger partial charge in [-0.1, -0.05) is 140 Å². The standard InChI is InChI=1S/C54H34N2O/c1-2-9-35(10-3-1)36-17-19-37(20-18-36)38-21-26-41(27-22-38)55(43-30-31-46-45-12-5-7-16-52(45)57-53(46)34-43)42-28-23-39(24-29-42)40-25-32-51-49(33-40)48-14-8-13-47-44-11-4-6-15-50(44)56(51)54(47)48/h1-34H. The predicted molar refractivity (Wildman–Crippen MR) is 239 cm³/mol. The molecule has 57 heavy (non-hydrogen) atoms. The summed E-state index contributed by atoms with van der Waals surface area (Å²) >= 11 is 0. The number of anilines is 3. The highest BCUT2D eigenvalue weighted by molar-refractivity contribution is 6.23. The zero-order valence-electron chi connectivity index (χ0n) is 30.9. The van der Waals surface area contributed by atoms with Crippen LogP contribution in [0.2, 0.25) is 0 Å². The van der Waals surface area contributed by atoms with E-state index in [-0.39, 0.29) is 0 Å². The molecule has 0 aliphatic rings. The average Bonchev–Trinajstić information content (AvgIpc) is 3.94. The van der Waals surface area contributed by atoms with Gasteiger partial charge in [0.25, 0.3) is 0 Å². The zero-order valence-corrected chi connectivity index (χ0v) is 30.9. The van der Waals surface area contributed by atoms with E-state index in [4.69, 9.17) is 4.42 Å². The fourth-order valence-electron chi connectivity index (χ4n) is 9.00. The topological polar surface area (TPSA) is 20.8 Å². The predicted octanol–water partition coefficient (Wildman–Crippen LogP) is 15.2. The SMILES string of the molecule is c1ccc(-c2ccc(-c3ccc(N(c4ccc(-c5ccc6c(c5)c5cccc7c8ccccc8n6c75)cc4)c4ccc5c(c4)oc4ccccc45)cc3)cc2)cc1. The molecule has 0 atom stereocenters. The van der Waals surface area contributed by atoms with E-state index >= 15 is 0 Å². The number of furan rings is 1. The molecule has 3 heteroatoms. The van der Waals surface area contributed by atoms with Gasteiger partial charge in [-0.2, -0.15) is 0 Å². The summed E-state index contributed by atoms with van der Waals surface area (Å²) in [7, 11) is 0. The number of fused-ring (bicyclic) bond motifs is 9. The number of nitrogens with zero attached hydrogens (tertiary/aromatic N) is 2. The first-order chi connectivity index (χ1) is 28.2. The van der Waals surface area contributed by atoms with E-state index in [9.17, 15) is 0 Å². The molecule has 3 heterocycles. The summed E-state index contributed by atoms with van der Waals surface area (Å²) in [5, 5.41) is 7.42. The molecule has 0 amide bonds. The molecule has 12 rings (SSSR count). The van der Waals surface area contributed by atoms with Crippen molar-refractivity contribution >= 4 is 77.1 Å². The molecule has 0 bridgehead atoms. The molecule has 3 aromatic heterocycles. The van der Waals surface area contributed by atoms with Crippen LogP contribution in [0.1, 0.15) is 0 Å². The Labute approximate surface area is 329 Å². The second-order valence-corrected chi connectivity index (χ2v) is 14.9. The van der Waals surface area contributed by atoms with Crippen LogP contribution in [0.4, 0.5) is 17.1 Å². The largest absolute Gasteiger partial charge is 0.456 e. The number of rotatable bonds is 6. The number of hydrogen-bond donors (Lipinski definition) is 0. The van der Waals surface area contributed by atoms with E-state index in [0.717, 1.165) is 39.0 Å². The Morgan fingerprint density at radius 1 is 0.298 bits per heavy atom. The Kier molecular flexibility index (Phi) is 6.93. The van der Waals surface area contributed by atoms with Gasteiger partial charge in [0.1, 0.15) is 11.2 Å². The Balaban J connectivity index is 0.935. The van der Waals surface area contributed by atoms with Crippen LogP contribution in [-0.2, 0) is 0 Å². The fourth-order valence-corrected chi connectivity index (χ4v) is 9.00. The summed E-state index contributed by atoms with van der Waals surface area (Å²) in [5.41, 5.74) is 15.9. The number of benzene rings is 9. The molecule has 0 saturated heterocycles. The Hall–Kier alpha value is -7.62. The summed E-state index contributed by atoms with van der Waals surface area (Å²) in [5.74, 6) is 0. The van der Waals surface area contributed by atoms with Gasteiger partial charge in [0.15, 0.2) is 0 Å².